The van der Waals surface area contributed by atoms with Crippen molar-refractivity contribution in [1.82, 2.24) is 9.97 Å². The Balaban J connectivity index is 2.33. The molecule has 2 aromatic heterocycles. The lowest BCUT2D eigenvalue weighted by Crippen LogP contribution is -2.28. The highest BCUT2D eigenvalue weighted by Crippen LogP contribution is 2.34. The van der Waals surface area contributed by atoms with Crippen LogP contribution in [0, 0.1) is 18.3 Å². The van der Waals surface area contributed by atoms with Crippen molar-refractivity contribution >= 4 is 17.4 Å². The topological polar surface area (TPSA) is 95.0 Å². The molecule has 1 amide bonds. The van der Waals surface area contributed by atoms with Crippen molar-refractivity contribution in [2.75, 3.05) is 23.3 Å². The normalized spacial score (nSPS) is 11.1. The van der Waals surface area contributed by atoms with Gasteiger partial charge in [0.05, 0.1) is 24.3 Å². The van der Waals surface area contributed by atoms with Crippen molar-refractivity contribution in [1.29, 1.82) is 5.26 Å². The molecular weight excluding hydrogens is 363 g/mol. The summed E-state index contributed by atoms with van der Waals surface area (Å²) in [5.74, 6) is -2.03. The minimum Gasteiger partial charge on any atom is -0.456 e. The van der Waals surface area contributed by atoms with Gasteiger partial charge < -0.3 is 14.6 Å². The highest BCUT2D eigenvalue weighted by Gasteiger charge is 2.40. The van der Waals surface area contributed by atoms with Gasteiger partial charge in [-0.05, 0) is 19.4 Å². The first-order valence-electron chi connectivity index (χ1n) is 8.18. The monoisotopic (exact) mass is 381 g/mol. The van der Waals surface area contributed by atoms with E-state index in [-0.39, 0.29) is 17.9 Å². The molecule has 1 N–H and O–H groups in total. The summed E-state index contributed by atoms with van der Waals surface area (Å²) >= 11 is 0. The van der Waals surface area contributed by atoms with Crippen LogP contribution < -0.4 is 10.2 Å². The fraction of sp³-hybridized carbons (Fsp3) is 0.412. The summed E-state index contributed by atoms with van der Waals surface area (Å²) in [4.78, 5) is 22.2. The highest BCUT2D eigenvalue weighted by molar-refractivity contribution is 6.06. The van der Waals surface area contributed by atoms with E-state index in [1.165, 1.54) is 19.4 Å². The van der Waals surface area contributed by atoms with Crippen molar-refractivity contribution < 1.29 is 22.4 Å². The first-order valence-corrected chi connectivity index (χ1v) is 8.18. The maximum absolute atomic E-state index is 13.1. The summed E-state index contributed by atoms with van der Waals surface area (Å²) in [7, 11) is 0. The van der Waals surface area contributed by atoms with Gasteiger partial charge in [0, 0.05) is 13.1 Å². The zero-order chi connectivity index (χ0) is 20.0. The van der Waals surface area contributed by atoms with Crippen molar-refractivity contribution in [2.24, 2.45) is 0 Å². The Morgan fingerprint density at radius 1 is 1.41 bits per heavy atom. The number of hydrogen-bond donors (Lipinski definition) is 1. The molecule has 2 heterocycles. The van der Waals surface area contributed by atoms with Crippen LogP contribution in [0.2, 0.25) is 0 Å². The number of aryl methyl sites for hydroxylation is 1. The van der Waals surface area contributed by atoms with Crippen molar-refractivity contribution in [3.05, 3.63) is 35.7 Å². The number of alkyl halides is 3. The molecule has 0 aliphatic heterocycles. The first kappa shape index (κ1) is 20.2. The molecule has 2 rings (SSSR count). The van der Waals surface area contributed by atoms with Gasteiger partial charge in [0.25, 0.3) is 5.91 Å². The Kier molecular flexibility index (Phi) is 6.39. The van der Waals surface area contributed by atoms with Crippen LogP contribution in [0.1, 0.15) is 41.6 Å². The van der Waals surface area contributed by atoms with E-state index in [4.69, 9.17) is 5.26 Å². The van der Waals surface area contributed by atoms with E-state index in [0.29, 0.717) is 18.9 Å². The lowest BCUT2D eigenvalue weighted by Gasteiger charge is -2.24. The Morgan fingerprint density at radius 2 is 2.15 bits per heavy atom. The number of nitrogens with one attached hydrogen (secondary N) is 1. The van der Waals surface area contributed by atoms with E-state index in [9.17, 15) is 18.0 Å². The number of carbonyl (C=O) groups excluding carboxylic acids is 1. The molecule has 0 atom stereocenters. The van der Waals surface area contributed by atoms with E-state index in [0.717, 1.165) is 12.5 Å². The second kappa shape index (κ2) is 8.53. The average Bonchev–Trinajstić information content (AvgIpc) is 3.02. The summed E-state index contributed by atoms with van der Waals surface area (Å²) < 4.78 is 43.9. The molecule has 0 fully saturated rings. The molecule has 0 bridgehead atoms. The third kappa shape index (κ3) is 4.97. The van der Waals surface area contributed by atoms with E-state index >= 15 is 0 Å². The number of carbonyl (C=O) groups is 1. The van der Waals surface area contributed by atoms with Gasteiger partial charge in [0.15, 0.2) is 5.82 Å². The molecule has 7 nitrogen and oxygen atoms in total. The van der Waals surface area contributed by atoms with Crippen LogP contribution in [0.5, 0.6) is 0 Å². The van der Waals surface area contributed by atoms with Crippen LogP contribution in [-0.2, 0) is 6.18 Å². The minimum atomic E-state index is -4.79. The van der Waals surface area contributed by atoms with Crippen LogP contribution >= 0.6 is 0 Å². The quantitative estimate of drug-likeness (QED) is 0.784. The second-order valence-corrected chi connectivity index (χ2v) is 5.71. The third-order valence-corrected chi connectivity index (χ3v) is 3.58. The fourth-order valence-electron chi connectivity index (χ4n) is 2.52. The molecular formula is C17H18F3N5O2. The summed E-state index contributed by atoms with van der Waals surface area (Å²) in [6.07, 6.45) is -1.24. The maximum atomic E-state index is 13.1. The van der Waals surface area contributed by atoms with Crippen molar-refractivity contribution in [3.63, 3.8) is 0 Å². The lowest BCUT2D eigenvalue weighted by molar-refractivity contribution is -0.153. The minimum absolute atomic E-state index is 0.0290. The van der Waals surface area contributed by atoms with Gasteiger partial charge in [0.1, 0.15) is 17.8 Å². The smallest absolute Gasteiger partial charge is 0.450 e. The number of hydrogen-bond acceptors (Lipinski definition) is 6. The zero-order valence-corrected chi connectivity index (χ0v) is 14.8. The molecule has 0 aliphatic rings. The molecule has 0 spiro atoms. The van der Waals surface area contributed by atoms with E-state index in [1.54, 1.807) is 4.90 Å². The fourth-order valence-corrected chi connectivity index (χ4v) is 2.52. The summed E-state index contributed by atoms with van der Waals surface area (Å²) in [5.41, 5.74) is -0.463. The molecule has 0 aliphatic carbocycles. The van der Waals surface area contributed by atoms with E-state index < -0.39 is 23.4 Å². The number of nitriles is 1. The van der Waals surface area contributed by atoms with E-state index in [2.05, 4.69) is 19.7 Å². The van der Waals surface area contributed by atoms with Crippen LogP contribution in [0.4, 0.5) is 24.7 Å². The highest BCUT2D eigenvalue weighted by atomic mass is 19.4. The number of furan rings is 1. The maximum Gasteiger partial charge on any atom is 0.450 e. The van der Waals surface area contributed by atoms with Crippen LogP contribution in [-0.4, -0.2) is 29.0 Å². The molecule has 0 radical (unpaired) electrons. The number of rotatable bonds is 7. The predicted octanol–water partition coefficient (Wildman–Crippen LogP) is 3.78. The van der Waals surface area contributed by atoms with E-state index in [1.807, 2.05) is 13.0 Å². The van der Waals surface area contributed by atoms with Gasteiger partial charge in [-0.15, -0.1) is 0 Å². The van der Waals surface area contributed by atoms with Gasteiger partial charge >= 0.3 is 6.18 Å². The van der Waals surface area contributed by atoms with Crippen LogP contribution in [0.15, 0.2) is 23.0 Å². The number of nitrogens with zero attached hydrogens (tertiary/aromatic N) is 4. The van der Waals surface area contributed by atoms with Gasteiger partial charge in [-0.25, -0.2) is 9.97 Å². The van der Waals surface area contributed by atoms with Crippen LogP contribution in [0.3, 0.4) is 0 Å². The number of halogens is 3. The zero-order valence-electron chi connectivity index (χ0n) is 14.8. The SMILES string of the molecule is CCCN(CCC#N)c1ncncc1NC(=O)c1cc(C)oc1C(F)(F)F. The Hall–Kier alpha value is -3.09. The molecule has 0 saturated carbocycles. The van der Waals surface area contributed by atoms with Gasteiger partial charge in [-0.1, -0.05) is 6.92 Å². The standard InChI is InChI=1S/C17H18F3N5O2/c1-3-6-25(7-4-5-21)15-13(9-22-10-23-15)24-16(26)12-8-11(2)27-14(12)17(18,19)20/h8-10H,3-4,6-7H2,1-2H3,(H,24,26). The van der Waals surface area contributed by atoms with Gasteiger partial charge in [-0.2, -0.15) is 18.4 Å². The second-order valence-electron chi connectivity index (χ2n) is 5.71. The number of aromatic nitrogens is 2. The summed E-state index contributed by atoms with van der Waals surface area (Å²) in [6, 6.07) is 3.06. The predicted molar refractivity (Wildman–Crippen MR) is 91.2 cm³/mol. The number of amides is 1. The first-order chi connectivity index (χ1) is 12.8. The lowest BCUT2D eigenvalue weighted by atomic mass is 10.2. The van der Waals surface area contributed by atoms with Gasteiger partial charge in [0.2, 0.25) is 5.76 Å². The molecule has 10 heteroatoms. The molecule has 0 aromatic carbocycles. The summed E-state index contributed by atoms with van der Waals surface area (Å²) in [6.45, 7) is 4.18. The van der Waals surface area contributed by atoms with Crippen LogP contribution in [0.25, 0.3) is 0 Å². The molecule has 2 aromatic rings. The third-order valence-electron chi connectivity index (χ3n) is 3.58. The Morgan fingerprint density at radius 3 is 2.78 bits per heavy atom. The Labute approximate surface area is 153 Å². The molecule has 0 saturated heterocycles. The molecule has 144 valence electrons. The average molecular weight is 381 g/mol. The molecule has 27 heavy (non-hydrogen) atoms. The molecule has 0 unspecified atom stereocenters. The van der Waals surface area contributed by atoms with Gasteiger partial charge in [-0.3, -0.25) is 4.79 Å². The van der Waals surface area contributed by atoms with Crippen molar-refractivity contribution in [3.8, 4) is 6.07 Å². The summed E-state index contributed by atoms with van der Waals surface area (Å²) in [5, 5.41) is 11.2. The number of anilines is 2. The largest absolute Gasteiger partial charge is 0.456 e. The Bertz CT molecular complexity index is 842. The van der Waals surface area contributed by atoms with Crippen molar-refractivity contribution in [2.45, 2.75) is 32.9 Å².